The predicted molar refractivity (Wildman–Crippen MR) is 178 cm³/mol. The van der Waals surface area contributed by atoms with Gasteiger partial charge in [0.1, 0.15) is 5.75 Å². The monoisotopic (exact) mass is 617 g/mol. The van der Waals surface area contributed by atoms with Crippen LogP contribution in [0.4, 0.5) is 5.69 Å². The molecule has 46 heavy (non-hydrogen) atoms. The van der Waals surface area contributed by atoms with Crippen LogP contribution in [-0.2, 0) is 0 Å². The topological polar surface area (TPSA) is 78.9 Å². The first-order valence-electron chi connectivity index (χ1n) is 16.8. The third kappa shape index (κ3) is 6.46. The highest BCUT2D eigenvalue weighted by molar-refractivity contribution is 5.95. The van der Waals surface area contributed by atoms with Gasteiger partial charge >= 0.3 is 0 Å². The van der Waals surface area contributed by atoms with Crippen molar-refractivity contribution in [2.45, 2.75) is 45.4 Å². The van der Waals surface area contributed by atoms with Gasteiger partial charge < -0.3 is 19.4 Å². The quantitative estimate of drug-likeness (QED) is 0.325. The van der Waals surface area contributed by atoms with Crippen LogP contribution >= 0.6 is 0 Å². The van der Waals surface area contributed by atoms with Gasteiger partial charge in [-0.05, 0) is 105 Å². The molecule has 4 aliphatic carbocycles. The van der Waals surface area contributed by atoms with Crippen molar-refractivity contribution in [3.8, 4) is 17.6 Å². The Morgan fingerprint density at radius 3 is 2.09 bits per heavy atom. The fourth-order valence-corrected chi connectivity index (χ4v) is 8.95. The predicted octanol–water partition coefficient (Wildman–Crippen LogP) is 5.53. The SMILES string of the molecule is CCOc1cncc(C#Cc2cncc(C(=O)N3CCN(c4ccc(C(=O)N(C)CC56CC7CC(CC(C7)C5)C6)cc4)CC3)c2)c1. The first-order chi connectivity index (χ1) is 22.4. The molecule has 3 aromatic rings. The Labute approximate surface area is 272 Å². The first-order valence-corrected chi connectivity index (χ1v) is 16.8. The molecular formula is C38H43N5O3. The number of benzene rings is 1. The van der Waals surface area contributed by atoms with E-state index in [9.17, 15) is 9.59 Å². The lowest BCUT2D eigenvalue weighted by molar-refractivity contribution is -0.0629. The lowest BCUT2D eigenvalue weighted by Crippen LogP contribution is -2.51. The number of rotatable bonds is 7. The van der Waals surface area contributed by atoms with Gasteiger partial charge in [-0.15, -0.1) is 0 Å². The molecule has 1 aromatic carbocycles. The molecule has 8 rings (SSSR count). The molecule has 1 saturated heterocycles. The molecule has 3 heterocycles. The van der Waals surface area contributed by atoms with Gasteiger partial charge in [0, 0.05) is 80.7 Å². The highest BCUT2D eigenvalue weighted by Gasteiger charge is 2.51. The summed E-state index contributed by atoms with van der Waals surface area (Å²) < 4.78 is 5.50. The molecule has 2 amide bonds. The first kappa shape index (κ1) is 30.3. The van der Waals surface area contributed by atoms with Crippen molar-refractivity contribution >= 4 is 17.5 Å². The van der Waals surface area contributed by atoms with E-state index < -0.39 is 0 Å². The van der Waals surface area contributed by atoms with Crippen LogP contribution in [0.15, 0.2) is 61.2 Å². The van der Waals surface area contributed by atoms with Crippen molar-refractivity contribution in [2.24, 2.45) is 23.2 Å². The molecule has 0 unspecified atom stereocenters. The van der Waals surface area contributed by atoms with E-state index in [1.165, 1.54) is 38.5 Å². The van der Waals surface area contributed by atoms with Crippen LogP contribution in [0.2, 0.25) is 0 Å². The zero-order valence-electron chi connectivity index (χ0n) is 27.0. The Morgan fingerprint density at radius 1 is 0.848 bits per heavy atom. The number of pyridine rings is 2. The maximum Gasteiger partial charge on any atom is 0.255 e. The fourth-order valence-electron chi connectivity index (χ4n) is 8.95. The normalized spacial score (nSPS) is 24.7. The molecule has 4 saturated carbocycles. The molecule has 5 fully saturated rings. The summed E-state index contributed by atoms with van der Waals surface area (Å²) in [5.74, 6) is 9.60. The third-order valence-corrected chi connectivity index (χ3v) is 10.5. The number of amides is 2. The van der Waals surface area contributed by atoms with Gasteiger partial charge in [-0.1, -0.05) is 11.8 Å². The van der Waals surface area contributed by atoms with Crippen LogP contribution in [0.5, 0.6) is 5.75 Å². The van der Waals surface area contributed by atoms with Gasteiger partial charge in [-0.25, -0.2) is 0 Å². The third-order valence-electron chi connectivity index (χ3n) is 10.5. The minimum Gasteiger partial charge on any atom is -0.492 e. The highest BCUT2D eigenvalue weighted by Crippen LogP contribution is 2.60. The van der Waals surface area contributed by atoms with E-state index in [1.54, 1.807) is 30.9 Å². The Balaban J connectivity index is 0.927. The highest BCUT2D eigenvalue weighted by atomic mass is 16.5. The van der Waals surface area contributed by atoms with Crippen LogP contribution in [0.3, 0.4) is 0 Å². The van der Waals surface area contributed by atoms with E-state index >= 15 is 0 Å². The van der Waals surface area contributed by atoms with Gasteiger partial charge in [0.2, 0.25) is 0 Å². The summed E-state index contributed by atoms with van der Waals surface area (Å²) in [6, 6.07) is 11.7. The van der Waals surface area contributed by atoms with E-state index in [0.29, 0.717) is 42.0 Å². The number of piperazine rings is 1. The van der Waals surface area contributed by atoms with Crippen molar-refractivity contribution in [1.82, 2.24) is 19.8 Å². The van der Waals surface area contributed by atoms with E-state index in [-0.39, 0.29) is 11.8 Å². The maximum atomic E-state index is 13.4. The van der Waals surface area contributed by atoms with Gasteiger partial charge in [0.25, 0.3) is 11.8 Å². The number of hydrogen-bond acceptors (Lipinski definition) is 6. The van der Waals surface area contributed by atoms with E-state index in [4.69, 9.17) is 4.74 Å². The molecule has 238 valence electrons. The van der Waals surface area contributed by atoms with Gasteiger partial charge in [-0.3, -0.25) is 19.6 Å². The number of carbonyl (C=O) groups is 2. The van der Waals surface area contributed by atoms with Crippen molar-refractivity contribution in [1.29, 1.82) is 0 Å². The summed E-state index contributed by atoms with van der Waals surface area (Å²) in [6.45, 7) is 6.04. The minimum atomic E-state index is -0.0428. The lowest BCUT2D eigenvalue weighted by atomic mass is 9.49. The molecule has 0 radical (unpaired) electrons. The second-order valence-electron chi connectivity index (χ2n) is 14.0. The van der Waals surface area contributed by atoms with Crippen LogP contribution in [0.25, 0.3) is 0 Å². The molecule has 2 aromatic heterocycles. The van der Waals surface area contributed by atoms with E-state index in [2.05, 4.69) is 38.8 Å². The zero-order chi connectivity index (χ0) is 31.7. The number of carbonyl (C=O) groups excluding carboxylic acids is 2. The molecule has 8 heteroatoms. The second kappa shape index (κ2) is 12.8. The van der Waals surface area contributed by atoms with Crippen LogP contribution in [0.1, 0.15) is 77.3 Å². The Hall–Kier alpha value is -4.38. The maximum absolute atomic E-state index is 13.4. The van der Waals surface area contributed by atoms with E-state index in [0.717, 1.165) is 54.2 Å². The Kier molecular flexibility index (Phi) is 8.42. The number of hydrogen-bond donors (Lipinski definition) is 0. The molecule has 1 aliphatic heterocycles. The summed E-state index contributed by atoms with van der Waals surface area (Å²) in [6.07, 6.45) is 14.8. The molecule has 4 bridgehead atoms. The summed E-state index contributed by atoms with van der Waals surface area (Å²) in [7, 11) is 1.99. The number of nitrogens with zero attached hydrogens (tertiary/aromatic N) is 5. The summed E-state index contributed by atoms with van der Waals surface area (Å²) in [5, 5.41) is 0. The van der Waals surface area contributed by atoms with Crippen LogP contribution in [-0.4, -0.2) is 78.0 Å². The van der Waals surface area contributed by atoms with Gasteiger partial charge in [0.05, 0.1) is 18.4 Å². The molecule has 0 atom stereocenters. The lowest BCUT2D eigenvalue weighted by Gasteiger charge is -2.57. The number of anilines is 1. The summed E-state index contributed by atoms with van der Waals surface area (Å²) in [4.78, 5) is 41.4. The molecule has 0 spiro atoms. The molecular weight excluding hydrogens is 574 g/mol. The smallest absolute Gasteiger partial charge is 0.255 e. The van der Waals surface area contributed by atoms with E-state index in [1.807, 2.05) is 42.0 Å². The van der Waals surface area contributed by atoms with Gasteiger partial charge in [-0.2, -0.15) is 0 Å². The Morgan fingerprint density at radius 2 is 1.46 bits per heavy atom. The van der Waals surface area contributed by atoms with Crippen LogP contribution < -0.4 is 9.64 Å². The molecule has 0 N–H and O–H groups in total. The van der Waals surface area contributed by atoms with Crippen molar-refractivity contribution < 1.29 is 14.3 Å². The summed E-state index contributed by atoms with van der Waals surface area (Å²) >= 11 is 0. The van der Waals surface area contributed by atoms with Crippen LogP contribution in [0, 0.1) is 35.0 Å². The van der Waals surface area contributed by atoms with Crippen molar-refractivity contribution in [3.63, 3.8) is 0 Å². The number of aromatic nitrogens is 2. The zero-order valence-corrected chi connectivity index (χ0v) is 27.0. The second-order valence-corrected chi connectivity index (χ2v) is 14.0. The summed E-state index contributed by atoms with van der Waals surface area (Å²) in [5.41, 5.74) is 4.11. The standard InChI is InChI=1S/C38H43N5O3/c1-3-46-35-18-28(23-40-25-35)5-4-27-17-33(24-39-22-27)37(45)43-12-10-42(11-13-43)34-8-6-32(7-9-34)36(44)41(2)26-38-19-29-14-30(20-38)16-31(15-29)21-38/h6-9,17-18,22-25,29-31H,3,10-16,19-21,26H2,1-2H3. The average molecular weight is 618 g/mol. The fraction of sp³-hybridized carbons (Fsp3) is 0.474. The van der Waals surface area contributed by atoms with Gasteiger partial charge in [0.15, 0.2) is 0 Å². The minimum absolute atomic E-state index is 0.0428. The number of ether oxygens (including phenoxy) is 1. The molecule has 8 nitrogen and oxygen atoms in total. The van der Waals surface area contributed by atoms with Crippen molar-refractivity contribution in [2.75, 3.05) is 51.3 Å². The Bertz CT molecular complexity index is 1620. The van der Waals surface area contributed by atoms with Crippen molar-refractivity contribution in [3.05, 3.63) is 83.4 Å². The largest absolute Gasteiger partial charge is 0.492 e. The molecule has 5 aliphatic rings. The average Bonchev–Trinajstić information content (AvgIpc) is 3.06.